The third kappa shape index (κ3) is 2.95. The fourth-order valence-corrected chi connectivity index (χ4v) is 2.02. The van der Waals surface area contributed by atoms with E-state index in [2.05, 4.69) is 6.58 Å². The summed E-state index contributed by atoms with van der Waals surface area (Å²) in [6.07, 6.45) is 2.23. The molecule has 5 nitrogen and oxygen atoms in total. The minimum Gasteiger partial charge on any atom is -0.496 e. The minimum absolute atomic E-state index is 0.0762. The van der Waals surface area contributed by atoms with Crippen LogP contribution in [0.15, 0.2) is 30.5 Å². The maximum Gasteiger partial charge on any atom is 0.142 e. The van der Waals surface area contributed by atoms with Gasteiger partial charge >= 0.3 is 0 Å². The van der Waals surface area contributed by atoms with Gasteiger partial charge in [0.15, 0.2) is 0 Å². The van der Waals surface area contributed by atoms with E-state index < -0.39 is 0 Å². The van der Waals surface area contributed by atoms with Crippen molar-refractivity contribution in [3.05, 3.63) is 36.1 Å². The lowest BCUT2D eigenvalue weighted by Crippen LogP contribution is -2.08. The Morgan fingerprint density at radius 3 is 2.75 bits per heavy atom. The molecule has 20 heavy (non-hydrogen) atoms. The van der Waals surface area contributed by atoms with Gasteiger partial charge in [-0.05, 0) is 11.6 Å². The first-order valence-electron chi connectivity index (χ1n) is 6.34. The van der Waals surface area contributed by atoms with E-state index in [1.165, 1.54) is 0 Å². The molecule has 0 unspecified atom stereocenters. The van der Waals surface area contributed by atoms with Gasteiger partial charge in [0.05, 0.1) is 25.9 Å². The Bertz CT molecular complexity index is 533. The van der Waals surface area contributed by atoms with E-state index in [0.29, 0.717) is 47.2 Å². The number of allylic oxidation sites excluding steroid dienone is 1. The molecule has 0 saturated heterocycles. The number of aliphatic hydroxyl groups is 2. The monoisotopic (exact) mass is 278 g/mol. The zero-order valence-corrected chi connectivity index (χ0v) is 11.4. The number of aliphatic hydroxyl groups excluding tert-OH is 2. The van der Waals surface area contributed by atoms with E-state index >= 15 is 0 Å². The number of hydrogen-bond acceptors (Lipinski definition) is 5. The van der Waals surface area contributed by atoms with Crippen LogP contribution in [-0.4, -0.2) is 37.1 Å². The lowest BCUT2D eigenvalue weighted by molar-refractivity contribution is 0.232. The van der Waals surface area contributed by atoms with Crippen LogP contribution >= 0.6 is 0 Å². The molecule has 0 fully saturated rings. The first-order valence-corrected chi connectivity index (χ1v) is 6.34. The maximum absolute atomic E-state index is 9.44. The summed E-state index contributed by atoms with van der Waals surface area (Å²) in [7, 11) is 1.55. The molecule has 0 aliphatic carbocycles. The van der Waals surface area contributed by atoms with E-state index in [9.17, 15) is 5.11 Å². The van der Waals surface area contributed by atoms with Crippen LogP contribution < -0.4 is 14.2 Å². The molecule has 0 aromatic heterocycles. The summed E-state index contributed by atoms with van der Waals surface area (Å²) in [6.45, 7) is 4.10. The van der Waals surface area contributed by atoms with Gasteiger partial charge in [-0.3, -0.25) is 0 Å². The van der Waals surface area contributed by atoms with Gasteiger partial charge in [-0.25, -0.2) is 0 Å². The van der Waals surface area contributed by atoms with Crippen LogP contribution in [0.25, 0.3) is 5.57 Å². The predicted octanol–water partition coefficient (Wildman–Crippen LogP) is 1.74. The highest BCUT2D eigenvalue weighted by Crippen LogP contribution is 2.42. The average Bonchev–Trinajstić information content (AvgIpc) is 2.45. The van der Waals surface area contributed by atoms with Gasteiger partial charge in [-0.1, -0.05) is 6.58 Å². The molecule has 0 radical (unpaired) electrons. The lowest BCUT2D eigenvalue weighted by Gasteiger charge is -2.22. The van der Waals surface area contributed by atoms with Crippen molar-refractivity contribution in [2.24, 2.45) is 0 Å². The van der Waals surface area contributed by atoms with Crippen LogP contribution in [0.4, 0.5) is 0 Å². The highest BCUT2D eigenvalue weighted by molar-refractivity contribution is 5.80. The second-order valence-corrected chi connectivity index (χ2v) is 4.32. The van der Waals surface area contributed by atoms with Crippen molar-refractivity contribution in [2.45, 2.75) is 6.42 Å². The number of ether oxygens (including phenoxy) is 3. The summed E-state index contributed by atoms with van der Waals surface area (Å²) < 4.78 is 16.4. The quantitative estimate of drug-likeness (QED) is 0.776. The summed E-state index contributed by atoms with van der Waals surface area (Å²) in [5.74, 6) is 2.14. The van der Waals surface area contributed by atoms with E-state index in [1.807, 2.05) is 0 Å². The number of fused-ring (bicyclic) bond motifs is 1. The fourth-order valence-electron chi connectivity index (χ4n) is 2.02. The first-order chi connectivity index (χ1) is 9.69. The van der Waals surface area contributed by atoms with Crippen molar-refractivity contribution in [1.82, 2.24) is 0 Å². The molecule has 0 bridgehead atoms. The highest BCUT2D eigenvalue weighted by Gasteiger charge is 2.21. The van der Waals surface area contributed by atoms with Crippen LogP contribution in [0.5, 0.6) is 17.2 Å². The summed E-state index contributed by atoms with van der Waals surface area (Å²) in [4.78, 5) is 0. The Morgan fingerprint density at radius 1 is 1.30 bits per heavy atom. The van der Waals surface area contributed by atoms with Crippen LogP contribution in [0, 0.1) is 0 Å². The zero-order chi connectivity index (χ0) is 14.5. The van der Waals surface area contributed by atoms with Crippen LogP contribution in [0.2, 0.25) is 0 Å². The largest absolute Gasteiger partial charge is 0.496 e. The second kappa shape index (κ2) is 6.45. The van der Waals surface area contributed by atoms with Crippen molar-refractivity contribution < 1.29 is 24.4 Å². The third-order valence-electron chi connectivity index (χ3n) is 2.90. The third-order valence-corrected chi connectivity index (χ3v) is 2.90. The van der Waals surface area contributed by atoms with Gasteiger partial charge in [-0.2, -0.15) is 0 Å². The minimum atomic E-state index is -0.129. The van der Waals surface area contributed by atoms with Gasteiger partial charge < -0.3 is 24.4 Å². The molecular weight excluding hydrogens is 260 g/mol. The fraction of sp³-hybridized carbons (Fsp3) is 0.333. The molecule has 1 aliphatic rings. The zero-order valence-electron chi connectivity index (χ0n) is 11.4. The van der Waals surface area contributed by atoms with Crippen molar-refractivity contribution in [2.75, 3.05) is 26.9 Å². The van der Waals surface area contributed by atoms with Gasteiger partial charge in [0.2, 0.25) is 0 Å². The van der Waals surface area contributed by atoms with E-state index in [4.69, 9.17) is 19.3 Å². The summed E-state index contributed by atoms with van der Waals surface area (Å²) >= 11 is 0. The van der Waals surface area contributed by atoms with Gasteiger partial charge in [0.1, 0.15) is 23.0 Å². The van der Waals surface area contributed by atoms with Crippen molar-refractivity contribution in [3.8, 4) is 17.2 Å². The molecule has 108 valence electrons. The Hall–Kier alpha value is -1.98. The SMILES string of the molecule is C=C1C=C(CO)c2c(OC)cc(OCCCO)cc2O1. The lowest BCUT2D eigenvalue weighted by atomic mass is 10.0. The molecule has 2 N–H and O–H groups in total. The smallest absolute Gasteiger partial charge is 0.142 e. The summed E-state index contributed by atoms with van der Waals surface area (Å²) in [5.41, 5.74) is 1.40. The topological polar surface area (TPSA) is 68.2 Å². The predicted molar refractivity (Wildman–Crippen MR) is 75.0 cm³/mol. The molecule has 1 aliphatic heterocycles. The molecule has 0 saturated carbocycles. The van der Waals surface area contributed by atoms with Crippen LogP contribution in [-0.2, 0) is 0 Å². The highest BCUT2D eigenvalue weighted by atomic mass is 16.5. The molecule has 1 aromatic carbocycles. The molecule has 1 aromatic rings. The maximum atomic E-state index is 9.44. The van der Waals surface area contributed by atoms with Crippen LogP contribution in [0.3, 0.4) is 0 Å². The molecule has 0 atom stereocenters. The molecule has 2 rings (SSSR count). The van der Waals surface area contributed by atoms with Crippen molar-refractivity contribution in [1.29, 1.82) is 0 Å². The number of benzene rings is 1. The Morgan fingerprint density at radius 2 is 2.10 bits per heavy atom. The van der Waals surface area contributed by atoms with Gasteiger partial charge in [-0.15, -0.1) is 0 Å². The Balaban J connectivity index is 2.37. The van der Waals surface area contributed by atoms with E-state index in [0.717, 1.165) is 0 Å². The van der Waals surface area contributed by atoms with Gasteiger partial charge in [0.25, 0.3) is 0 Å². The van der Waals surface area contributed by atoms with Crippen molar-refractivity contribution >= 4 is 5.57 Å². The van der Waals surface area contributed by atoms with Crippen LogP contribution in [0.1, 0.15) is 12.0 Å². The standard InChI is InChI=1S/C15H18O5/c1-10-6-11(9-17)15-13(18-2)7-12(8-14(15)20-10)19-5-3-4-16/h6-8,16-17H,1,3-5,9H2,2H3. The Kier molecular flexibility index (Phi) is 4.65. The van der Waals surface area contributed by atoms with Gasteiger partial charge in [0, 0.05) is 25.2 Å². The molecule has 5 heteroatoms. The van der Waals surface area contributed by atoms with Crippen molar-refractivity contribution in [3.63, 3.8) is 0 Å². The molecular formula is C15H18O5. The Labute approximate surface area is 117 Å². The molecule has 0 spiro atoms. The molecule has 0 amide bonds. The first kappa shape index (κ1) is 14.4. The number of methoxy groups -OCH3 is 1. The van der Waals surface area contributed by atoms with E-state index in [-0.39, 0.29) is 13.2 Å². The van der Waals surface area contributed by atoms with E-state index in [1.54, 1.807) is 25.3 Å². The molecule has 1 heterocycles. The summed E-state index contributed by atoms with van der Waals surface area (Å²) in [5, 5.41) is 18.2. The average molecular weight is 278 g/mol. The summed E-state index contributed by atoms with van der Waals surface area (Å²) in [6, 6.07) is 3.46. The normalized spacial score (nSPS) is 13.3. The number of rotatable bonds is 6. The number of hydrogen-bond donors (Lipinski definition) is 2. The second-order valence-electron chi connectivity index (χ2n) is 4.32.